The zero-order valence-electron chi connectivity index (χ0n) is 11.1. The van der Waals surface area contributed by atoms with Crippen LogP contribution in [0.15, 0.2) is 0 Å². The van der Waals surface area contributed by atoms with Gasteiger partial charge in [0.25, 0.3) is 0 Å². The molecule has 0 aromatic rings. The molecule has 3 aliphatic heterocycles. The lowest BCUT2D eigenvalue weighted by atomic mass is 9.86. The molecule has 0 bridgehead atoms. The van der Waals surface area contributed by atoms with E-state index < -0.39 is 0 Å². The van der Waals surface area contributed by atoms with Crippen molar-refractivity contribution in [3.63, 3.8) is 0 Å². The van der Waals surface area contributed by atoms with Crippen molar-refractivity contribution < 1.29 is 4.79 Å². The van der Waals surface area contributed by atoms with E-state index in [4.69, 9.17) is 5.73 Å². The van der Waals surface area contributed by atoms with E-state index in [2.05, 4.69) is 10.2 Å². The van der Waals surface area contributed by atoms with Gasteiger partial charge in [-0.1, -0.05) is 0 Å². The summed E-state index contributed by atoms with van der Waals surface area (Å²) in [6.07, 6.45) is 2.26. The van der Waals surface area contributed by atoms with E-state index in [-0.39, 0.29) is 12.0 Å². The molecular weight excluding hydrogens is 228 g/mol. The second-order valence-electron chi connectivity index (χ2n) is 6.09. The molecule has 5 nitrogen and oxygen atoms in total. The summed E-state index contributed by atoms with van der Waals surface area (Å²) >= 11 is 0. The number of rotatable bonds is 1. The van der Waals surface area contributed by atoms with Gasteiger partial charge in [0.15, 0.2) is 0 Å². The Morgan fingerprint density at radius 1 is 1.33 bits per heavy atom. The minimum absolute atomic E-state index is 0.213. The number of amides is 1. The third-order valence-corrected chi connectivity index (χ3v) is 4.95. The van der Waals surface area contributed by atoms with Crippen LogP contribution in [0.5, 0.6) is 0 Å². The number of carbonyl (C=O) groups excluding carboxylic acids is 1. The number of nitrogens with zero attached hydrogens (tertiary/aromatic N) is 2. The molecule has 0 saturated carbocycles. The molecule has 0 spiro atoms. The highest BCUT2D eigenvalue weighted by Gasteiger charge is 2.44. The minimum atomic E-state index is 0.213. The molecule has 0 aliphatic carbocycles. The molecule has 0 aromatic carbocycles. The average molecular weight is 252 g/mol. The third kappa shape index (κ3) is 2.04. The van der Waals surface area contributed by atoms with E-state index in [9.17, 15) is 4.79 Å². The smallest absolute Gasteiger partial charge is 0.227 e. The highest BCUT2D eigenvalue weighted by Crippen LogP contribution is 2.33. The van der Waals surface area contributed by atoms with Gasteiger partial charge in [0.1, 0.15) is 0 Å². The first-order valence-corrected chi connectivity index (χ1v) is 7.12. The number of likely N-dealkylation sites (tertiary alicyclic amines) is 2. The summed E-state index contributed by atoms with van der Waals surface area (Å²) in [5.74, 6) is 1.15. The molecule has 1 amide bonds. The fourth-order valence-corrected chi connectivity index (χ4v) is 3.87. The van der Waals surface area contributed by atoms with Gasteiger partial charge in [0.2, 0.25) is 5.91 Å². The first kappa shape index (κ1) is 12.4. The molecular formula is C13H24N4O. The standard InChI is InChI=1S/C13H24N4O/c1-16-7-9-3-5-17(8-10(9)13(16)18)12-2-4-15-6-11(12)14/h9-12,15H,2-8,14H2,1H3/t9?,10-,11?,12?/m0/s1. The quantitative estimate of drug-likeness (QED) is 0.634. The van der Waals surface area contributed by atoms with Crippen molar-refractivity contribution in [2.24, 2.45) is 17.6 Å². The number of nitrogens with one attached hydrogen (secondary N) is 1. The molecule has 4 atom stereocenters. The van der Waals surface area contributed by atoms with Crippen LogP contribution >= 0.6 is 0 Å². The Morgan fingerprint density at radius 3 is 2.94 bits per heavy atom. The predicted molar refractivity (Wildman–Crippen MR) is 70.1 cm³/mol. The highest BCUT2D eigenvalue weighted by atomic mass is 16.2. The summed E-state index contributed by atoms with van der Waals surface area (Å²) in [4.78, 5) is 16.5. The molecule has 3 rings (SSSR count). The van der Waals surface area contributed by atoms with Gasteiger partial charge in [-0.15, -0.1) is 0 Å². The van der Waals surface area contributed by atoms with E-state index in [1.165, 1.54) is 0 Å². The lowest BCUT2D eigenvalue weighted by Gasteiger charge is -2.43. The van der Waals surface area contributed by atoms with Crippen LogP contribution in [0.3, 0.4) is 0 Å². The molecule has 18 heavy (non-hydrogen) atoms. The summed E-state index contributed by atoms with van der Waals surface area (Å²) in [5.41, 5.74) is 6.21. The second-order valence-corrected chi connectivity index (χ2v) is 6.09. The number of carbonyl (C=O) groups is 1. The van der Waals surface area contributed by atoms with Gasteiger partial charge < -0.3 is 16.0 Å². The van der Waals surface area contributed by atoms with Gasteiger partial charge in [-0.25, -0.2) is 0 Å². The number of hydrogen-bond donors (Lipinski definition) is 2. The first-order chi connectivity index (χ1) is 8.66. The maximum Gasteiger partial charge on any atom is 0.227 e. The van der Waals surface area contributed by atoms with Crippen molar-refractivity contribution in [1.82, 2.24) is 15.1 Å². The van der Waals surface area contributed by atoms with Crippen LogP contribution in [-0.4, -0.2) is 67.6 Å². The Balaban J connectivity index is 1.67. The Morgan fingerprint density at radius 2 is 2.17 bits per heavy atom. The first-order valence-electron chi connectivity index (χ1n) is 7.12. The largest absolute Gasteiger partial charge is 0.345 e. The Bertz CT molecular complexity index is 335. The molecule has 3 unspecified atom stereocenters. The van der Waals surface area contributed by atoms with Gasteiger partial charge in [-0.2, -0.15) is 0 Å². The van der Waals surface area contributed by atoms with Crippen molar-refractivity contribution in [2.45, 2.75) is 24.9 Å². The van der Waals surface area contributed by atoms with Gasteiger partial charge in [-0.3, -0.25) is 9.69 Å². The van der Waals surface area contributed by atoms with Crippen molar-refractivity contribution in [3.05, 3.63) is 0 Å². The third-order valence-electron chi connectivity index (χ3n) is 4.95. The Labute approximate surface area is 109 Å². The number of fused-ring (bicyclic) bond motifs is 1. The van der Waals surface area contributed by atoms with E-state index in [1.807, 2.05) is 11.9 Å². The molecule has 102 valence electrons. The number of piperidine rings is 2. The summed E-state index contributed by atoms with van der Waals surface area (Å²) in [5, 5.41) is 3.34. The fourth-order valence-electron chi connectivity index (χ4n) is 3.87. The summed E-state index contributed by atoms with van der Waals surface area (Å²) in [6.45, 7) is 4.95. The second kappa shape index (κ2) is 4.79. The van der Waals surface area contributed by atoms with E-state index in [0.717, 1.165) is 45.6 Å². The van der Waals surface area contributed by atoms with Crippen LogP contribution in [-0.2, 0) is 4.79 Å². The van der Waals surface area contributed by atoms with Gasteiger partial charge in [0, 0.05) is 38.8 Å². The zero-order chi connectivity index (χ0) is 12.7. The van der Waals surface area contributed by atoms with Crippen LogP contribution in [0.25, 0.3) is 0 Å². The maximum absolute atomic E-state index is 12.1. The average Bonchev–Trinajstić information content (AvgIpc) is 2.66. The lowest BCUT2D eigenvalue weighted by Crippen LogP contribution is -2.59. The minimum Gasteiger partial charge on any atom is -0.345 e. The van der Waals surface area contributed by atoms with Crippen LogP contribution in [0.2, 0.25) is 0 Å². The van der Waals surface area contributed by atoms with Crippen LogP contribution in [0.1, 0.15) is 12.8 Å². The molecule has 3 fully saturated rings. The molecule has 3 heterocycles. The molecule has 3 aliphatic rings. The molecule has 0 radical (unpaired) electrons. The summed E-state index contributed by atoms with van der Waals surface area (Å²) < 4.78 is 0. The fraction of sp³-hybridized carbons (Fsp3) is 0.923. The van der Waals surface area contributed by atoms with E-state index in [0.29, 0.717) is 17.9 Å². The molecule has 3 saturated heterocycles. The van der Waals surface area contributed by atoms with Crippen molar-refractivity contribution in [1.29, 1.82) is 0 Å². The van der Waals surface area contributed by atoms with Gasteiger partial charge >= 0.3 is 0 Å². The van der Waals surface area contributed by atoms with E-state index in [1.54, 1.807) is 0 Å². The maximum atomic E-state index is 12.1. The molecule has 3 N–H and O–H groups in total. The zero-order valence-corrected chi connectivity index (χ0v) is 11.1. The number of hydrogen-bond acceptors (Lipinski definition) is 4. The topological polar surface area (TPSA) is 61.6 Å². The molecule has 0 aromatic heterocycles. The van der Waals surface area contributed by atoms with Crippen LogP contribution < -0.4 is 11.1 Å². The summed E-state index contributed by atoms with van der Waals surface area (Å²) in [7, 11) is 1.93. The van der Waals surface area contributed by atoms with E-state index >= 15 is 0 Å². The van der Waals surface area contributed by atoms with Crippen molar-refractivity contribution in [2.75, 3.05) is 39.8 Å². The Kier molecular flexibility index (Phi) is 3.30. The van der Waals surface area contributed by atoms with Crippen LogP contribution in [0, 0.1) is 11.8 Å². The highest BCUT2D eigenvalue weighted by molar-refractivity contribution is 5.81. The summed E-state index contributed by atoms with van der Waals surface area (Å²) in [6, 6.07) is 0.676. The van der Waals surface area contributed by atoms with Gasteiger partial charge in [-0.05, 0) is 31.8 Å². The normalized spacial score (nSPS) is 42.1. The molecule has 5 heteroatoms. The number of nitrogens with two attached hydrogens (primary N) is 1. The lowest BCUT2D eigenvalue weighted by molar-refractivity contribution is -0.131. The van der Waals surface area contributed by atoms with Crippen molar-refractivity contribution >= 4 is 5.91 Å². The van der Waals surface area contributed by atoms with Gasteiger partial charge in [0.05, 0.1) is 5.92 Å². The SMILES string of the molecule is CN1CC2CCN(C3CCNCC3N)C[C@@H]2C1=O. The predicted octanol–water partition coefficient (Wildman–Crippen LogP) is -0.914. The van der Waals surface area contributed by atoms with Crippen LogP contribution in [0.4, 0.5) is 0 Å². The van der Waals surface area contributed by atoms with Crippen molar-refractivity contribution in [3.8, 4) is 0 Å². The Hall–Kier alpha value is -0.650. The monoisotopic (exact) mass is 252 g/mol.